The van der Waals surface area contributed by atoms with Gasteiger partial charge in [0.2, 0.25) is 5.91 Å². The van der Waals surface area contributed by atoms with Crippen molar-refractivity contribution in [2.24, 2.45) is 0 Å². The third kappa shape index (κ3) is 3.47. The molecule has 4 nitrogen and oxygen atoms in total. The number of amides is 1. The maximum Gasteiger partial charge on any atom is 0.233 e. The van der Waals surface area contributed by atoms with Crippen LogP contribution in [0.1, 0.15) is 47.2 Å². The number of hydrogen-bond acceptors (Lipinski definition) is 3. The number of anilines is 1. The quantitative estimate of drug-likeness (QED) is 0.636. The van der Waals surface area contributed by atoms with Gasteiger partial charge in [-0.05, 0) is 49.1 Å². The summed E-state index contributed by atoms with van der Waals surface area (Å²) in [5.74, 6) is 2.46. The third-order valence-corrected chi connectivity index (χ3v) is 6.43. The Morgan fingerprint density at radius 3 is 2.64 bits per heavy atom. The van der Waals surface area contributed by atoms with Gasteiger partial charge < -0.3 is 5.32 Å². The molecule has 0 fully saturated rings. The maximum absolute atomic E-state index is 13.2. The summed E-state index contributed by atoms with van der Waals surface area (Å²) in [5, 5.41) is 8.04. The molecule has 1 atom stereocenters. The summed E-state index contributed by atoms with van der Waals surface area (Å²) in [5.41, 5.74) is 6.73. The van der Waals surface area contributed by atoms with Crippen molar-refractivity contribution >= 4 is 23.5 Å². The number of fused-ring (bicyclic) bond motifs is 1. The lowest BCUT2D eigenvalue weighted by molar-refractivity contribution is -0.117. The van der Waals surface area contributed by atoms with Gasteiger partial charge in [-0.15, -0.1) is 0 Å². The predicted octanol–water partition coefficient (Wildman–Crippen LogP) is 5.37. The number of aromatic nitrogens is 2. The number of nitrogens with one attached hydrogen (secondary N) is 1. The predicted molar refractivity (Wildman–Crippen MR) is 116 cm³/mol. The number of carbonyl (C=O) groups is 1. The Labute approximate surface area is 170 Å². The number of aryl methyl sites for hydroxylation is 2. The molecule has 3 aromatic rings. The highest BCUT2D eigenvalue weighted by Gasteiger charge is 2.27. The summed E-state index contributed by atoms with van der Waals surface area (Å²) in [6, 6.07) is 16.3. The van der Waals surface area contributed by atoms with Crippen molar-refractivity contribution in [2.45, 2.75) is 44.6 Å². The van der Waals surface area contributed by atoms with Crippen LogP contribution in [0, 0.1) is 13.8 Å². The summed E-state index contributed by atoms with van der Waals surface area (Å²) in [7, 11) is 0. The van der Waals surface area contributed by atoms with Crippen LogP contribution in [0.5, 0.6) is 0 Å². The van der Waals surface area contributed by atoms with Gasteiger partial charge >= 0.3 is 0 Å². The summed E-state index contributed by atoms with van der Waals surface area (Å²) in [6.45, 7) is 6.26. The van der Waals surface area contributed by atoms with E-state index in [1.165, 1.54) is 11.1 Å². The number of benzene rings is 2. The van der Waals surface area contributed by atoms with E-state index >= 15 is 0 Å². The molecule has 1 aliphatic rings. The Balaban J connectivity index is 1.71. The van der Waals surface area contributed by atoms with E-state index in [2.05, 4.69) is 44.3 Å². The van der Waals surface area contributed by atoms with Crippen molar-refractivity contribution in [2.75, 3.05) is 5.32 Å². The monoisotopic (exact) mass is 391 g/mol. The first-order valence-electron chi connectivity index (χ1n) is 9.70. The molecule has 0 spiro atoms. The van der Waals surface area contributed by atoms with Gasteiger partial charge in [0.25, 0.3) is 0 Å². The molecule has 0 saturated carbocycles. The molecule has 1 N–H and O–H groups in total. The highest BCUT2D eigenvalue weighted by atomic mass is 32.2. The minimum absolute atomic E-state index is 0.0263. The standard InChI is InChI=1S/C23H25N3OS/c1-4-19(17-8-6-5-7-9-17)23(27)24-22-20-13-28-14-21(20)25-26(22)18-11-10-15(2)16(3)12-18/h5-12,19H,4,13-14H2,1-3H3,(H,24,27)/t19-/m1/s1. The average molecular weight is 392 g/mol. The summed E-state index contributed by atoms with van der Waals surface area (Å²) in [4.78, 5) is 13.2. The molecular formula is C23H25N3OS. The van der Waals surface area contributed by atoms with E-state index in [4.69, 9.17) is 5.10 Å². The molecule has 5 heteroatoms. The van der Waals surface area contributed by atoms with Crippen LogP contribution in [-0.2, 0) is 16.3 Å². The number of rotatable bonds is 5. The molecule has 2 aromatic carbocycles. The Kier molecular flexibility index (Phi) is 5.27. The number of thioether (sulfide) groups is 1. The van der Waals surface area contributed by atoms with Crippen molar-refractivity contribution in [3.05, 3.63) is 76.5 Å². The van der Waals surface area contributed by atoms with Gasteiger partial charge in [-0.1, -0.05) is 43.3 Å². The molecule has 0 aliphatic carbocycles. The number of carbonyl (C=O) groups excluding carboxylic acids is 1. The van der Waals surface area contributed by atoms with Crippen molar-refractivity contribution in [3.8, 4) is 5.69 Å². The first-order valence-corrected chi connectivity index (χ1v) is 10.9. The fourth-order valence-corrected chi connectivity index (χ4v) is 4.68. The van der Waals surface area contributed by atoms with Gasteiger partial charge in [0.05, 0.1) is 17.3 Å². The molecule has 1 aliphatic heterocycles. The molecule has 0 radical (unpaired) electrons. The Morgan fingerprint density at radius 2 is 1.93 bits per heavy atom. The largest absolute Gasteiger partial charge is 0.310 e. The number of nitrogens with zero attached hydrogens (tertiary/aromatic N) is 2. The number of hydrogen-bond donors (Lipinski definition) is 1. The highest BCUT2D eigenvalue weighted by Crippen LogP contribution is 2.37. The maximum atomic E-state index is 13.2. The van der Waals surface area contributed by atoms with E-state index < -0.39 is 0 Å². The van der Waals surface area contributed by atoms with Gasteiger partial charge in [-0.25, -0.2) is 4.68 Å². The van der Waals surface area contributed by atoms with E-state index in [9.17, 15) is 4.79 Å². The lowest BCUT2D eigenvalue weighted by Crippen LogP contribution is -2.23. The SMILES string of the molecule is CC[C@@H](C(=O)Nc1c2c(nn1-c1ccc(C)c(C)c1)CSC2)c1ccccc1. The fraction of sp³-hybridized carbons (Fsp3) is 0.304. The molecule has 0 bridgehead atoms. The second-order valence-corrected chi connectivity index (χ2v) is 8.29. The Bertz CT molecular complexity index is 1010. The average Bonchev–Trinajstić information content (AvgIpc) is 3.28. The van der Waals surface area contributed by atoms with Crippen LogP contribution in [0.4, 0.5) is 5.82 Å². The van der Waals surface area contributed by atoms with E-state index in [0.717, 1.165) is 46.3 Å². The second-order valence-electron chi connectivity index (χ2n) is 7.31. The van der Waals surface area contributed by atoms with Crippen LogP contribution < -0.4 is 5.32 Å². The smallest absolute Gasteiger partial charge is 0.233 e. The zero-order chi connectivity index (χ0) is 19.7. The third-order valence-electron chi connectivity index (χ3n) is 5.46. The fourth-order valence-electron chi connectivity index (χ4n) is 3.65. The van der Waals surface area contributed by atoms with Crippen LogP contribution in [0.2, 0.25) is 0 Å². The molecule has 0 unspecified atom stereocenters. The van der Waals surface area contributed by atoms with Gasteiger partial charge in [0.1, 0.15) is 5.82 Å². The Hall–Kier alpha value is -2.53. The molecule has 2 heterocycles. The molecule has 28 heavy (non-hydrogen) atoms. The van der Waals surface area contributed by atoms with Crippen molar-refractivity contribution in [3.63, 3.8) is 0 Å². The van der Waals surface area contributed by atoms with Crippen molar-refractivity contribution < 1.29 is 4.79 Å². The lowest BCUT2D eigenvalue weighted by Gasteiger charge is -2.17. The van der Waals surface area contributed by atoms with Crippen LogP contribution in [0.25, 0.3) is 5.69 Å². The summed E-state index contributed by atoms with van der Waals surface area (Å²) >= 11 is 1.84. The van der Waals surface area contributed by atoms with Crippen LogP contribution >= 0.6 is 11.8 Å². The topological polar surface area (TPSA) is 46.9 Å². The molecular weight excluding hydrogens is 366 g/mol. The van der Waals surface area contributed by atoms with Gasteiger partial charge in [-0.3, -0.25) is 4.79 Å². The lowest BCUT2D eigenvalue weighted by atomic mass is 9.95. The van der Waals surface area contributed by atoms with Gasteiger partial charge in [0.15, 0.2) is 0 Å². The zero-order valence-electron chi connectivity index (χ0n) is 16.5. The van der Waals surface area contributed by atoms with Crippen molar-refractivity contribution in [1.29, 1.82) is 0 Å². The van der Waals surface area contributed by atoms with E-state index in [1.807, 2.05) is 46.8 Å². The molecule has 1 amide bonds. The normalized spacial score (nSPS) is 14.0. The first-order chi connectivity index (χ1) is 13.6. The molecule has 4 rings (SSSR count). The van der Waals surface area contributed by atoms with E-state index in [-0.39, 0.29) is 11.8 Å². The summed E-state index contributed by atoms with van der Waals surface area (Å²) in [6.07, 6.45) is 0.755. The zero-order valence-corrected chi connectivity index (χ0v) is 17.3. The second kappa shape index (κ2) is 7.84. The minimum atomic E-state index is -0.172. The molecule has 0 saturated heterocycles. The molecule has 144 valence electrons. The first kappa shape index (κ1) is 18.8. The highest BCUT2D eigenvalue weighted by molar-refractivity contribution is 7.98. The van der Waals surface area contributed by atoms with Gasteiger partial charge in [-0.2, -0.15) is 16.9 Å². The van der Waals surface area contributed by atoms with Crippen LogP contribution in [0.3, 0.4) is 0 Å². The summed E-state index contributed by atoms with van der Waals surface area (Å²) < 4.78 is 1.91. The van der Waals surface area contributed by atoms with Crippen molar-refractivity contribution in [1.82, 2.24) is 9.78 Å². The van der Waals surface area contributed by atoms with E-state index in [1.54, 1.807) is 0 Å². The van der Waals surface area contributed by atoms with Crippen LogP contribution in [-0.4, -0.2) is 15.7 Å². The van der Waals surface area contributed by atoms with Gasteiger partial charge in [0, 0.05) is 17.1 Å². The minimum Gasteiger partial charge on any atom is -0.310 e. The van der Waals surface area contributed by atoms with E-state index in [0.29, 0.717) is 0 Å². The Morgan fingerprint density at radius 1 is 1.14 bits per heavy atom. The van der Waals surface area contributed by atoms with Crippen LogP contribution in [0.15, 0.2) is 48.5 Å². The molecule has 1 aromatic heterocycles.